The van der Waals surface area contributed by atoms with Crippen molar-refractivity contribution >= 4 is 5.97 Å². The van der Waals surface area contributed by atoms with E-state index in [-0.39, 0.29) is 6.04 Å². The summed E-state index contributed by atoms with van der Waals surface area (Å²) in [5.41, 5.74) is -0.842. The largest absolute Gasteiger partial charge is 0.480 e. The zero-order valence-corrected chi connectivity index (χ0v) is 9.79. The van der Waals surface area contributed by atoms with Gasteiger partial charge in [-0.25, -0.2) is 0 Å². The van der Waals surface area contributed by atoms with Gasteiger partial charge in [0.2, 0.25) is 0 Å². The van der Waals surface area contributed by atoms with Gasteiger partial charge in [0, 0.05) is 6.04 Å². The molecule has 0 aromatic rings. The zero-order valence-electron chi connectivity index (χ0n) is 9.79. The van der Waals surface area contributed by atoms with E-state index in [0.717, 1.165) is 13.0 Å². The molecule has 0 spiro atoms. The predicted octanol–water partition coefficient (Wildman–Crippen LogP) is 0.779. The molecule has 4 heteroatoms. The maximum Gasteiger partial charge on any atom is 0.323 e. The standard InChI is InChI=1S/C10H22N2O2/c1-8(6-7-12(4)5)11-10(2,3)9(13)14/h8,11H,6-7H2,1-5H3,(H,13,14). The monoisotopic (exact) mass is 202 g/mol. The summed E-state index contributed by atoms with van der Waals surface area (Å²) in [5, 5.41) is 12.0. The zero-order chi connectivity index (χ0) is 11.4. The molecule has 0 saturated carbocycles. The first kappa shape index (κ1) is 13.4. The molecule has 4 nitrogen and oxygen atoms in total. The fourth-order valence-corrected chi connectivity index (χ4v) is 1.20. The number of rotatable bonds is 6. The molecule has 1 unspecified atom stereocenters. The Kier molecular flexibility index (Phi) is 5.08. The van der Waals surface area contributed by atoms with Gasteiger partial charge in [-0.05, 0) is 47.8 Å². The van der Waals surface area contributed by atoms with Crippen molar-refractivity contribution in [2.24, 2.45) is 0 Å². The highest BCUT2D eigenvalue weighted by atomic mass is 16.4. The minimum Gasteiger partial charge on any atom is -0.480 e. The molecule has 0 fully saturated rings. The lowest BCUT2D eigenvalue weighted by molar-refractivity contribution is -0.143. The summed E-state index contributed by atoms with van der Waals surface area (Å²) in [4.78, 5) is 12.9. The fraction of sp³-hybridized carbons (Fsp3) is 0.900. The van der Waals surface area contributed by atoms with Gasteiger partial charge in [-0.15, -0.1) is 0 Å². The Balaban J connectivity index is 3.93. The highest BCUT2D eigenvalue weighted by Gasteiger charge is 2.27. The predicted molar refractivity (Wildman–Crippen MR) is 57.5 cm³/mol. The van der Waals surface area contributed by atoms with E-state index in [1.54, 1.807) is 13.8 Å². The van der Waals surface area contributed by atoms with Crippen molar-refractivity contribution in [1.82, 2.24) is 10.2 Å². The molecule has 0 aliphatic carbocycles. The topological polar surface area (TPSA) is 52.6 Å². The Hall–Kier alpha value is -0.610. The summed E-state index contributed by atoms with van der Waals surface area (Å²) in [6.45, 7) is 6.33. The van der Waals surface area contributed by atoms with E-state index in [9.17, 15) is 4.79 Å². The molecule has 1 atom stereocenters. The van der Waals surface area contributed by atoms with Crippen LogP contribution < -0.4 is 5.32 Å². The number of carboxylic acids is 1. The smallest absolute Gasteiger partial charge is 0.323 e. The third-order valence-electron chi connectivity index (χ3n) is 2.15. The highest BCUT2D eigenvalue weighted by Crippen LogP contribution is 2.05. The third kappa shape index (κ3) is 5.19. The van der Waals surface area contributed by atoms with Crippen LogP contribution in [0.25, 0.3) is 0 Å². The van der Waals surface area contributed by atoms with Gasteiger partial charge in [0.25, 0.3) is 0 Å². The molecule has 0 radical (unpaired) electrons. The second-order valence-electron chi connectivity index (χ2n) is 4.57. The lowest BCUT2D eigenvalue weighted by Crippen LogP contribution is -2.51. The van der Waals surface area contributed by atoms with Gasteiger partial charge in [-0.2, -0.15) is 0 Å². The first-order chi connectivity index (χ1) is 6.25. The van der Waals surface area contributed by atoms with Crippen LogP contribution in [0, 0.1) is 0 Å². The van der Waals surface area contributed by atoms with E-state index in [1.807, 2.05) is 21.0 Å². The molecule has 0 saturated heterocycles. The first-order valence-corrected chi connectivity index (χ1v) is 4.91. The molecule has 84 valence electrons. The summed E-state index contributed by atoms with van der Waals surface area (Å²) in [6, 6.07) is 0.212. The summed E-state index contributed by atoms with van der Waals surface area (Å²) >= 11 is 0. The van der Waals surface area contributed by atoms with Crippen LogP contribution in [0.15, 0.2) is 0 Å². The molecule has 0 aromatic heterocycles. The molecule has 0 aliphatic heterocycles. The number of carbonyl (C=O) groups is 1. The number of carboxylic acid groups (broad SMARTS) is 1. The molecular formula is C10H22N2O2. The van der Waals surface area contributed by atoms with Crippen LogP contribution in [0.4, 0.5) is 0 Å². The van der Waals surface area contributed by atoms with Gasteiger partial charge in [0.05, 0.1) is 0 Å². The Morgan fingerprint density at radius 1 is 1.50 bits per heavy atom. The minimum atomic E-state index is -0.842. The first-order valence-electron chi connectivity index (χ1n) is 4.91. The normalized spacial score (nSPS) is 14.4. The molecule has 0 aromatic carbocycles. The third-order valence-corrected chi connectivity index (χ3v) is 2.15. The van der Waals surface area contributed by atoms with Gasteiger partial charge in [-0.3, -0.25) is 10.1 Å². The number of nitrogens with zero attached hydrogens (tertiary/aromatic N) is 1. The van der Waals surface area contributed by atoms with Crippen molar-refractivity contribution in [2.45, 2.75) is 38.8 Å². The Morgan fingerprint density at radius 2 is 2.00 bits per heavy atom. The van der Waals surface area contributed by atoms with Crippen LogP contribution in [0.1, 0.15) is 27.2 Å². The van der Waals surface area contributed by atoms with Crippen LogP contribution in [0.2, 0.25) is 0 Å². The average molecular weight is 202 g/mol. The van der Waals surface area contributed by atoms with Gasteiger partial charge >= 0.3 is 5.97 Å². The number of nitrogens with one attached hydrogen (secondary N) is 1. The number of hydrogen-bond acceptors (Lipinski definition) is 3. The summed E-state index contributed by atoms with van der Waals surface area (Å²) in [7, 11) is 4.02. The number of hydrogen-bond donors (Lipinski definition) is 2. The molecule has 0 bridgehead atoms. The molecule has 2 N–H and O–H groups in total. The van der Waals surface area contributed by atoms with E-state index < -0.39 is 11.5 Å². The van der Waals surface area contributed by atoms with E-state index in [4.69, 9.17) is 5.11 Å². The molecule has 0 amide bonds. The van der Waals surface area contributed by atoms with Gasteiger partial charge in [0.1, 0.15) is 5.54 Å². The summed E-state index contributed by atoms with van der Waals surface area (Å²) in [6.07, 6.45) is 0.948. The van der Waals surface area contributed by atoms with Crippen LogP contribution in [0.5, 0.6) is 0 Å². The van der Waals surface area contributed by atoms with Crippen molar-refractivity contribution < 1.29 is 9.90 Å². The quantitative estimate of drug-likeness (QED) is 0.668. The molecule has 0 aliphatic rings. The van der Waals surface area contributed by atoms with E-state index in [0.29, 0.717) is 0 Å². The maximum atomic E-state index is 10.8. The van der Waals surface area contributed by atoms with E-state index >= 15 is 0 Å². The van der Waals surface area contributed by atoms with Gasteiger partial charge in [-0.1, -0.05) is 0 Å². The summed E-state index contributed by atoms with van der Waals surface area (Å²) < 4.78 is 0. The van der Waals surface area contributed by atoms with Crippen LogP contribution in [-0.2, 0) is 4.79 Å². The average Bonchev–Trinajstić information content (AvgIpc) is 1.99. The van der Waals surface area contributed by atoms with Crippen LogP contribution >= 0.6 is 0 Å². The minimum absolute atomic E-state index is 0.212. The van der Waals surface area contributed by atoms with Crippen molar-refractivity contribution in [2.75, 3.05) is 20.6 Å². The maximum absolute atomic E-state index is 10.8. The lowest BCUT2D eigenvalue weighted by Gasteiger charge is -2.26. The Labute approximate surface area is 86.3 Å². The fourth-order valence-electron chi connectivity index (χ4n) is 1.20. The van der Waals surface area contributed by atoms with Crippen molar-refractivity contribution in [3.05, 3.63) is 0 Å². The summed E-state index contributed by atoms with van der Waals surface area (Å²) in [5.74, 6) is -0.811. The molecule has 14 heavy (non-hydrogen) atoms. The van der Waals surface area contributed by atoms with Crippen molar-refractivity contribution in [3.8, 4) is 0 Å². The Bertz CT molecular complexity index is 191. The van der Waals surface area contributed by atoms with Crippen molar-refractivity contribution in [3.63, 3.8) is 0 Å². The molecule has 0 heterocycles. The number of aliphatic carboxylic acids is 1. The van der Waals surface area contributed by atoms with Crippen molar-refractivity contribution in [1.29, 1.82) is 0 Å². The van der Waals surface area contributed by atoms with Gasteiger partial charge < -0.3 is 10.0 Å². The lowest BCUT2D eigenvalue weighted by atomic mass is 10.0. The molecule has 0 rings (SSSR count). The Morgan fingerprint density at radius 3 is 2.36 bits per heavy atom. The van der Waals surface area contributed by atoms with E-state index in [1.165, 1.54) is 0 Å². The SMILES string of the molecule is CC(CCN(C)C)NC(C)(C)C(=O)O. The van der Waals surface area contributed by atoms with Crippen LogP contribution in [0.3, 0.4) is 0 Å². The second kappa shape index (κ2) is 5.32. The van der Waals surface area contributed by atoms with Gasteiger partial charge in [0.15, 0.2) is 0 Å². The highest BCUT2D eigenvalue weighted by molar-refractivity contribution is 5.77. The molecular weight excluding hydrogens is 180 g/mol. The second-order valence-corrected chi connectivity index (χ2v) is 4.57. The van der Waals surface area contributed by atoms with Crippen LogP contribution in [-0.4, -0.2) is 48.2 Å². The van der Waals surface area contributed by atoms with E-state index in [2.05, 4.69) is 10.2 Å².